The number of hydrogen-bond acceptors (Lipinski definition) is 5. The predicted octanol–water partition coefficient (Wildman–Crippen LogP) is 2.48. The maximum Gasteiger partial charge on any atom is 0.234 e. The third-order valence-electron chi connectivity index (χ3n) is 4.96. The van der Waals surface area contributed by atoms with E-state index in [0.29, 0.717) is 5.92 Å². The molecule has 2 fully saturated rings. The van der Waals surface area contributed by atoms with E-state index >= 15 is 0 Å². The zero-order valence-corrected chi connectivity index (χ0v) is 12.7. The van der Waals surface area contributed by atoms with E-state index in [9.17, 15) is 0 Å². The Morgan fingerprint density at radius 2 is 1.95 bits per heavy atom. The summed E-state index contributed by atoms with van der Waals surface area (Å²) in [7, 11) is 0. The number of piperidine rings is 1. The molecule has 3 heterocycles. The van der Waals surface area contributed by atoms with Gasteiger partial charge in [0.05, 0.1) is 0 Å². The summed E-state index contributed by atoms with van der Waals surface area (Å²) in [5, 5.41) is 18.3. The number of aromatic nitrogens is 4. The van der Waals surface area contributed by atoms with Crippen molar-refractivity contribution in [1.29, 1.82) is 0 Å². The summed E-state index contributed by atoms with van der Waals surface area (Å²) in [4.78, 5) is 0.974. The summed E-state index contributed by atoms with van der Waals surface area (Å²) in [6.07, 6.45) is 7.45. The van der Waals surface area contributed by atoms with Gasteiger partial charge in [-0.2, -0.15) is 9.61 Å². The van der Waals surface area contributed by atoms with Gasteiger partial charge in [-0.1, -0.05) is 31.1 Å². The van der Waals surface area contributed by atoms with Crippen LogP contribution in [0.5, 0.6) is 0 Å². The molecule has 1 saturated carbocycles. The topological polar surface area (TPSA) is 55.1 Å². The second-order valence-electron chi connectivity index (χ2n) is 6.45. The van der Waals surface area contributed by atoms with Crippen LogP contribution in [-0.2, 0) is 5.41 Å². The van der Waals surface area contributed by atoms with Gasteiger partial charge in [0.1, 0.15) is 5.01 Å². The van der Waals surface area contributed by atoms with Crippen molar-refractivity contribution in [3.05, 3.63) is 10.8 Å². The molecule has 0 spiro atoms. The Balaban J connectivity index is 1.71. The van der Waals surface area contributed by atoms with Crippen molar-refractivity contribution in [2.45, 2.75) is 56.8 Å². The predicted molar refractivity (Wildman–Crippen MR) is 79.3 cm³/mol. The molecule has 20 heavy (non-hydrogen) atoms. The van der Waals surface area contributed by atoms with Crippen LogP contribution in [0.15, 0.2) is 0 Å². The smallest absolute Gasteiger partial charge is 0.234 e. The van der Waals surface area contributed by atoms with Crippen molar-refractivity contribution < 1.29 is 0 Å². The van der Waals surface area contributed by atoms with Crippen molar-refractivity contribution in [3.8, 4) is 0 Å². The molecule has 0 radical (unpaired) electrons. The van der Waals surface area contributed by atoms with Gasteiger partial charge in [0.25, 0.3) is 0 Å². The van der Waals surface area contributed by atoms with Crippen molar-refractivity contribution in [3.63, 3.8) is 0 Å². The Kier molecular flexibility index (Phi) is 3.03. The lowest BCUT2D eigenvalue weighted by Crippen LogP contribution is -2.37. The summed E-state index contributed by atoms with van der Waals surface area (Å²) < 4.78 is 2.03. The van der Waals surface area contributed by atoms with E-state index in [1.54, 1.807) is 11.3 Å². The molecular formula is C14H21N5S. The maximum atomic E-state index is 4.90. The Labute approximate surface area is 122 Å². The molecule has 108 valence electrons. The normalized spacial score (nSPS) is 23.6. The molecule has 4 rings (SSSR count). The highest BCUT2D eigenvalue weighted by molar-refractivity contribution is 7.16. The first-order valence-electron chi connectivity index (χ1n) is 7.70. The van der Waals surface area contributed by atoms with Crippen LogP contribution in [0.4, 0.5) is 0 Å². The molecule has 1 aliphatic carbocycles. The van der Waals surface area contributed by atoms with Crippen LogP contribution >= 0.6 is 11.3 Å². The molecule has 0 atom stereocenters. The Bertz CT molecular complexity index is 604. The lowest BCUT2D eigenvalue weighted by Gasteiger charge is -2.31. The maximum absolute atomic E-state index is 4.90. The first kappa shape index (κ1) is 12.7. The minimum Gasteiger partial charge on any atom is -0.317 e. The minimum atomic E-state index is 0.212. The molecule has 1 aliphatic heterocycles. The van der Waals surface area contributed by atoms with E-state index in [-0.39, 0.29) is 5.41 Å². The van der Waals surface area contributed by atoms with Crippen LogP contribution in [0.2, 0.25) is 0 Å². The molecule has 2 aromatic heterocycles. The molecule has 1 N–H and O–H groups in total. The van der Waals surface area contributed by atoms with E-state index in [0.717, 1.165) is 36.7 Å². The number of hydrogen-bond donors (Lipinski definition) is 1. The first-order valence-corrected chi connectivity index (χ1v) is 8.51. The van der Waals surface area contributed by atoms with Gasteiger partial charge in [-0.05, 0) is 38.8 Å². The molecule has 0 bridgehead atoms. The molecule has 5 nitrogen and oxygen atoms in total. The van der Waals surface area contributed by atoms with Crippen LogP contribution < -0.4 is 5.32 Å². The lowest BCUT2D eigenvalue weighted by molar-refractivity contribution is 0.331. The van der Waals surface area contributed by atoms with Gasteiger partial charge in [0.2, 0.25) is 4.96 Å². The zero-order chi connectivity index (χ0) is 13.6. The molecule has 1 saturated heterocycles. The number of nitrogens with one attached hydrogen (secondary N) is 1. The number of nitrogens with zero attached hydrogens (tertiary/aromatic N) is 4. The molecule has 2 aliphatic rings. The van der Waals surface area contributed by atoms with E-state index in [1.807, 2.05) is 4.52 Å². The number of fused-ring (bicyclic) bond motifs is 1. The Morgan fingerprint density at radius 3 is 2.70 bits per heavy atom. The average molecular weight is 291 g/mol. The fraction of sp³-hybridized carbons (Fsp3) is 0.786. The molecular weight excluding hydrogens is 270 g/mol. The van der Waals surface area contributed by atoms with E-state index in [2.05, 4.69) is 22.4 Å². The van der Waals surface area contributed by atoms with Crippen molar-refractivity contribution >= 4 is 16.3 Å². The Morgan fingerprint density at radius 1 is 1.20 bits per heavy atom. The second kappa shape index (κ2) is 4.77. The average Bonchev–Trinajstić information content (AvgIpc) is 3.15. The van der Waals surface area contributed by atoms with Gasteiger partial charge < -0.3 is 5.32 Å². The van der Waals surface area contributed by atoms with Gasteiger partial charge in [-0.25, -0.2) is 0 Å². The first-order chi connectivity index (χ1) is 9.76. The van der Waals surface area contributed by atoms with Gasteiger partial charge in [-0.15, -0.1) is 10.2 Å². The van der Waals surface area contributed by atoms with Gasteiger partial charge >= 0.3 is 0 Å². The zero-order valence-electron chi connectivity index (χ0n) is 11.9. The largest absolute Gasteiger partial charge is 0.317 e. The summed E-state index contributed by atoms with van der Waals surface area (Å²) in [5.74, 6) is 1.67. The van der Waals surface area contributed by atoms with Crippen LogP contribution in [0.1, 0.15) is 62.2 Å². The standard InChI is InChI=1S/C14H21N5S/c1-14(6-8-15-9-7-14)12-18-19-11(10-4-2-3-5-10)16-17-13(19)20-12/h10,15H,2-9H2,1H3. The third-order valence-corrected chi connectivity index (χ3v) is 6.16. The fourth-order valence-corrected chi connectivity index (χ4v) is 4.56. The van der Waals surface area contributed by atoms with Crippen LogP contribution in [0.25, 0.3) is 4.96 Å². The van der Waals surface area contributed by atoms with Crippen LogP contribution in [-0.4, -0.2) is 32.9 Å². The molecule has 0 amide bonds. The van der Waals surface area contributed by atoms with E-state index in [1.165, 1.54) is 30.7 Å². The highest BCUT2D eigenvalue weighted by Gasteiger charge is 2.33. The van der Waals surface area contributed by atoms with Crippen LogP contribution in [0, 0.1) is 0 Å². The summed E-state index contributed by atoms with van der Waals surface area (Å²) >= 11 is 1.73. The SMILES string of the molecule is CC1(c2nn3c(C4CCCC4)nnc3s2)CCNCC1. The molecule has 0 unspecified atom stereocenters. The second-order valence-corrected chi connectivity index (χ2v) is 7.41. The van der Waals surface area contributed by atoms with Gasteiger partial charge in [0.15, 0.2) is 5.82 Å². The van der Waals surface area contributed by atoms with Crippen LogP contribution in [0.3, 0.4) is 0 Å². The van der Waals surface area contributed by atoms with Crippen molar-refractivity contribution in [1.82, 2.24) is 25.1 Å². The summed E-state index contributed by atoms with van der Waals surface area (Å²) in [5.41, 5.74) is 0.212. The summed E-state index contributed by atoms with van der Waals surface area (Å²) in [6, 6.07) is 0. The molecule has 0 aromatic carbocycles. The lowest BCUT2D eigenvalue weighted by atomic mass is 9.82. The molecule has 2 aromatic rings. The highest BCUT2D eigenvalue weighted by atomic mass is 32.1. The molecule has 6 heteroatoms. The summed E-state index contributed by atoms with van der Waals surface area (Å²) in [6.45, 7) is 4.52. The van der Waals surface area contributed by atoms with Gasteiger partial charge in [-0.3, -0.25) is 0 Å². The van der Waals surface area contributed by atoms with E-state index in [4.69, 9.17) is 5.10 Å². The quantitative estimate of drug-likeness (QED) is 0.923. The number of rotatable bonds is 2. The monoisotopic (exact) mass is 291 g/mol. The fourth-order valence-electron chi connectivity index (χ4n) is 3.51. The Hall–Kier alpha value is -1.01. The highest BCUT2D eigenvalue weighted by Crippen LogP contribution is 2.37. The van der Waals surface area contributed by atoms with Crippen molar-refractivity contribution in [2.75, 3.05) is 13.1 Å². The van der Waals surface area contributed by atoms with E-state index < -0.39 is 0 Å². The third kappa shape index (κ3) is 1.97. The minimum absolute atomic E-state index is 0.212. The van der Waals surface area contributed by atoms with Crippen molar-refractivity contribution in [2.24, 2.45) is 0 Å². The van der Waals surface area contributed by atoms with Gasteiger partial charge in [0, 0.05) is 11.3 Å².